The maximum Gasteiger partial charge on any atom is 0.328 e. The minimum absolute atomic E-state index is 0.0156. The van der Waals surface area contributed by atoms with Crippen LogP contribution in [0.5, 0.6) is 11.5 Å². The van der Waals surface area contributed by atoms with E-state index in [1.165, 1.54) is 23.1 Å². The first-order chi connectivity index (χ1) is 15.9. The zero-order chi connectivity index (χ0) is 23.4. The Labute approximate surface area is 192 Å². The lowest BCUT2D eigenvalue weighted by molar-refractivity contribution is -0.149. The Hall–Kier alpha value is -3.27. The fourth-order valence-corrected chi connectivity index (χ4v) is 5.01. The molecule has 0 spiro atoms. The van der Waals surface area contributed by atoms with E-state index in [0.717, 1.165) is 12.8 Å². The number of sulfonamides is 1. The summed E-state index contributed by atoms with van der Waals surface area (Å²) in [5, 5.41) is 0. The van der Waals surface area contributed by atoms with E-state index in [2.05, 4.69) is 4.72 Å². The Morgan fingerprint density at radius 2 is 1.88 bits per heavy atom. The Morgan fingerprint density at radius 3 is 2.67 bits per heavy atom. The summed E-state index contributed by atoms with van der Waals surface area (Å²) < 4.78 is 44.4. The molecule has 33 heavy (non-hydrogen) atoms. The number of likely N-dealkylation sites (tertiary alicyclic amines) is 1. The number of fused-ring (bicyclic) bond motifs is 1. The van der Waals surface area contributed by atoms with Gasteiger partial charge in [0.1, 0.15) is 19.3 Å². The molecule has 1 fully saturated rings. The smallest absolute Gasteiger partial charge is 0.328 e. The van der Waals surface area contributed by atoms with E-state index >= 15 is 0 Å². The van der Waals surface area contributed by atoms with E-state index in [4.69, 9.17) is 14.2 Å². The molecule has 1 saturated heterocycles. The predicted molar refractivity (Wildman–Crippen MR) is 120 cm³/mol. The van der Waals surface area contributed by atoms with E-state index in [0.29, 0.717) is 37.7 Å². The second-order valence-electron chi connectivity index (χ2n) is 7.75. The van der Waals surface area contributed by atoms with Crippen molar-refractivity contribution in [3.8, 4) is 11.5 Å². The van der Waals surface area contributed by atoms with E-state index in [-0.39, 0.29) is 28.7 Å². The fourth-order valence-electron chi connectivity index (χ4n) is 3.94. The number of rotatable bonds is 6. The summed E-state index contributed by atoms with van der Waals surface area (Å²) >= 11 is 0. The van der Waals surface area contributed by atoms with E-state index < -0.39 is 22.0 Å². The van der Waals surface area contributed by atoms with Gasteiger partial charge < -0.3 is 19.1 Å². The zero-order valence-corrected chi connectivity index (χ0v) is 19.1. The molecule has 2 aromatic carbocycles. The van der Waals surface area contributed by atoms with Crippen LogP contribution in [0.3, 0.4) is 0 Å². The van der Waals surface area contributed by atoms with Gasteiger partial charge in [-0.05, 0) is 56.5 Å². The highest BCUT2D eigenvalue weighted by atomic mass is 32.2. The molecule has 2 aromatic rings. The predicted octanol–water partition coefficient (Wildman–Crippen LogP) is 2.82. The molecule has 4 rings (SSSR count). The van der Waals surface area contributed by atoms with Crippen molar-refractivity contribution in [2.75, 3.05) is 31.1 Å². The maximum atomic E-state index is 13.2. The lowest BCUT2D eigenvalue weighted by atomic mass is 10.0. The third kappa shape index (κ3) is 5.05. The largest absolute Gasteiger partial charge is 0.486 e. The number of amides is 1. The quantitative estimate of drug-likeness (QED) is 0.641. The minimum Gasteiger partial charge on any atom is -0.486 e. The van der Waals surface area contributed by atoms with Gasteiger partial charge in [-0.3, -0.25) is 9.52 Å². The van der Waals surface area contributed by atoms with Gasteiger partial charge in [0.05, 0.1) is 11.5 Å². The summed E-state index contributed by atoms with van der Waals surface area (Å²) in [6.45, 7) is 3.16. The summed E-state index contributed by atoms with van der Waals surface area (Å²) in [6.07, 6.45) is 2.17. The summed E-state index contributed by atoms with van der Waals surface area (Å²) in [4.78, 5) is 27.0. The van der Waals surface area contributed by atoms with Crippen molar-refractivity contribution >= 4 is 27.6 Å². The van der Waals surface area contributed by atoms with Gasteiger partial charge in [0.2, 0.25) is 0 Å². The SMILES string of the molecule is CCOC(=O)C1CCCCN1C(=O)c1cccc(NS(=O)(=O)c2ccc3c(c2)OCCO3)c1. The molecular formula is C23H26N2O7S. The number of ether oxygens (including phenoxy) is 3. The maximum absolute atomic E-state index is 13.2. The molecule has 176 valence electrons. The van der Waals surface area contributed by atoms with Gasteiger partial charge in [0.25, 0.3) is 15.9 Å². The minimum atomic E-state index is -3.93. The Kier molecular flexibility index (Phi) is 6.73. The normalized spacial score (nSPS) is 17.8. The Bertz CT molecular complexity index is 1150. The van der Waals surface area contributed by atoms with E-state index in [9.17, 15) is 18.0 Å². The standard InChI is InChI=1S/C23H26N2O7S/c1-2-30-23(27)19-8-3-4-11-25(19)22(26)16-6-5-7-17(14-16)24-33(28,29)18-9-10-20-21(15-18)32-13-12-31-20/h5-7,9-10,14-15,19,24H,2-4,8,11-13H2,1H3. The molecule has 0 aliphatic carbocycles. The average Bonchev–Trinajstić information content (AvgIpc) is 2.83. The highest BCUT2D eigenvalue weighted by Gasteiger charge is 2.33. The fraction of sp³-hybridized carbons (Fsp3) is 0.391. The Morgan fingerprint density at radius 1 is 1.09 bits per heavy atom. The van der Waals surface area contributed by atoms with Crippen LogP contribution in [0.15, 0.2) is 47.4 Å². The van der Waals surface area contributed by atoms with E-state index in [1.54, 1.807) is 31.2 Å². The summed E-state index contributed by atoms with van der Waals surface area (Å²) in [5.41, 5.74) is 0.522. The van der Waals surface area contributed by atoms with Crippen molar-refractivity contribution in [2.45, 2.75) is 37.1 Å². The Balaban J connectivity index is 1.54. The third-order valence-electron chi connectivity index (χ3n) is 5.51. The zero-order valence-electron chi connectivity index (χ0n) is 18.3. The molecule has 2 aliphatic rings. The van der Waals surface area contributed by atoms with Gasteiger partial charge in [0, 0.05) is 23.9 Å². The number of hydrogen-bond donors (Lipinski definition) is 1. The number of nitrogens with zero attached hydrogens (tertiary/aromatic N) is 1. The second kappa shape index (κ2) is 9.70. The van der Waals surface area contributed by atoms with Gasteiger partial charge in [-0.1, -0.05) is 6.07 Å². The summed E-state index contributed by atoms with van der Waals surface area (Å²) in [6, 6.07) is 9.98. The molecule has 2 aliphatic heterocycles. The van der Waals surface area contributed by atoms with Crippen molar-refractivity contribution in [3.63, 3.8) is 0 Å². The number of nitrogens with one attached hydrogen (secondary N) is 1. The summed E-state index contributed by atoms with van der Waals surface area (Å²) in [7, 11) is -3.93. The molecule has 0 bridgehead atoms. The highest BCUT2D eigenvalue weighted by molar-refractivity contribution is 7.92. The van der Waals surface area contributed by atoms with Crippen LogP contribution < -0.4 is 14.2 Å². The number of carbonyl (C=O) groups is 2. The van der Waals surface area contributed by atoms with E-state index in [1.807, 2.05) is 0 Å². The van der Waals surface area contributed by atoms with Crippen LogP contribution in [0.25, 0.3) is 0 Å². The molecule has 0 radical (unpaired) electrons. The molecular weight excluding hydrogens is 448 g/mol. The molecule has 2 heterocycles. The number of benzene rings is 2. The lowest BCUT2D eigenvalue weighted by Gasteiger charge is -2.34. The van der Waals surface area contributed by atoms with Crippen molar-refractivity contribution in [3.05, 3.63) is 48.0 Å². The van der Waals surface area contributed by atoms with Crippen LogP contribution >= 0.6 is 0 Å². The van der Waals surface area contributed by atoms with Gasteiger partial charge in [-0.15, -0.1) is 0 Å². The monoisotopic (exact) mass is 474 g/mol. The molecule has 10 heteroatoms. The first-order valence-electron chi connectivity index (χ1n) is 10.9. The third-order valence-corrected chi connectivity index (χ3v) is 6.89. The van der Waals surface area contributed by atoms with Crippen molar-refractivity contribution in [1.82, 2.24) is 4.90 Å². The average molecular weight is 475 g/mol. The highest BCUT2D eigenvalue weighted by Crippen LogP contribution is 2.33. The molecule has 1 amide bonds. The van der Waals surface area contributed by atoms with Gasteiger partial charge >= 0.3 is 5.97 Å². The van der Waals surface area contributed by atoms with Crippen LogP contribution in [-0.4, -0.2) is 57.6 Å². The number of piperidine rings is 1. The topological polar surface area (TPSA) is 111 Å². The first-order valence-corrected chi connectivity index (χ1v) is 12.4. The number of anilines is 1. The number of esters is 1. The second-order valence-corrected chi connectivity index (χ2v) is 9.44. The van der Waals surface area contributed by atoms with Gasteiger partial charge in [0.15, 0.2) is 11.5 Å². The molecule has 1 atom stereocenters. The van der Waals surface area contributed by atoms with Crippen LogP contribution in [-0.2, 0) is 19.6 Å². The van der Waals surface area contributed by atoms with Crippen LogP contribution in [0.1, 0.15) is 36.5 Å². The molecule has 0 saturated carbocycles. The van der Waals surface area contributed by atoms with Gasteiger partial charge in [-0.25, -0.2) is 13.2 Å². The molecule has 1 unspecified atom stereocenters. The van der Waals surface area contributed by atoms with Crippen LogP contribution in [0, 0.1) is 0 Å². The van der Waals surface area contributed by atoms with Crippen molar-refractivity contribution < 1.29 is 32.2 Å². The van der Waals surface area contributed by atoms with Gasteiger partial charge in [-0.2, -0.15) is 0 Å². The molecule has 1 N–H and O–H groups in total. The first kappa shape index (κ1) is 22.9. The molecule has 0 aromatic heterocycles. The number of carbonyl (C=O) groups excluding carboxylic acids is 2. The van der Waals surface area contributed by atoms with Crippen LogP contribution in [0.2, 0.25) is 0 Å². The number of hydrogen-bond acceptors (Lipinski definition) is 7. The van der Waals surface area contributed by atoms with Crippen LogP contribution in [0.4, 0.5) is 5.69 Å². The van der Waals surface area contributed by atoms with Crippen molar-refractivity contribution in [1.29, 1.82) is 0 Å². The lowest BCUT2D eigenvalue weighted by Crippen LogP contribution is -2.48. The summed E-state index contributed by atoms with van der Waals surface area (Å²) in [5.74, 6) is 0.0998. The van der Waals surface area contributed by atoms with Crippen molar-refractivity contribution in [2.24, 2.45) is 0 Å². The molecule has 9 nitrogen and oxygen atoms in total.